The average molecular weight is 443 g/mol. The van der Waals surface area contributed by atoms with Crippen molar-refractivity contribution in [2.24, 2.45) is 4.99 Å². The van der Waals surface area contributed by atoms with E-state index >= 15 is 0 Å². The zero-order chi connectivity index (χ0) is 23.7. The summed E-state index contributed by atoms with van der Waals surface area (Å²) in [4.78, 5) is 19.4. The Bertz CT molecular complexity index is 1070. The fourth-order valence-corrected chi connectivity index (χ4v) is 2.67. The first kappa shape index (κ1) is 24.5. The summed E-state index contributed by atoms with van der Waals surface area (Å²) in [5, 5.41) is 6.70. The highest BCUT2D eigenvalue weighted by Crippen LogP contribution is 2.33. The number of aromatic nitrogens is 3. The zero-order valence-corrected chi connectivity index (χ0v) is 18.0. The summed E-state index contributed by atoms with van der Waals surface area (Å²) < 4.78 is 41.1. The molecule has 3 rings (SSSR count). The highest BCUT2D eigenvalue weighted by molar-refractivity contribution is 5.91. The zero-order valence-electron chi connectivity index (χ0n) is 18.0. The molecule has 0 fully saturated rings. The van der Waals surface area contributed by atoms with Gasteiger partial charge in [-0.2, -0.15) is 18.3 Å². The number of rotatable bonds is 5. The third-order valence-corrected chi connectivity index (χ3v) is 4.30. The maximum absolute atomic E-state index is 13.4. The van der Waals surface area contributed by atoms with Crippen molar-refractivity contribution in [2.45, 2.75) is 26.4 Å². The molecule has 3 aromatic rings. The number of aliphatic imine (C=N–C) groups is 1. The molecule has 1 aromatic carbocycles. The van der Waals surface area contributed by atoms with Crippen LogP contribution in [0.3, 0.4) is 0 Å². The molecule has 0 saturated carbocycles. The number of allylic oxidation sites excluding steroid dienone is 2. The van der Waals surface area contributed by atoms with Gasteiger partial charge in [-0.1, -0.05) is 36.4 Å². The Labute approximate surface area is 184 Å². The molecule has 9 heteroatoms. The van der Waals surface area contributed by atoms with Crippen LogP contribution in [0.2, 0.25) is 0 Å². The average Bonchev–Trinajstić information content (AvgIpc) is 3.21. The number of carbonyl (C=O) groups is 1. The van der Waals surface area contributed by atoms with Crippen LogP contribution in [0.4, 0.5) is 19.0 Å². The number of hydrogen-bond acceptors (Lipinski definition) is 4. The third-order valence-electron chi connectivity index (χ3n) is 4.30. The van der Waals surface area contributed by atoms with Gasteiger partial charge in [-0.25, -0.2) is 9.67 Å². The first-order chi connectivity index (χ1) is 15.2. The van der Waals surface area contributed by atoms with Crippen LogP contribution in [0.15, 0.2) is 65.8 Å². The van der Waals surface area contributed by atoms with Gasteiger partial charge in [0.15, 0.2) is 0 Å². The van der Waals surface area contributed by atoms with E-state index in [9.17, 15) is 18.0 Å². The van der Waals surface area contributed by atoms with Gasteiger partial charge in [-0.05, 0) is 49.9 Å². The van der Waals surface area contributed by atoms with Gasteiger partial charge in [0, 0.05) is 7.05 Å². The summed E-state index contributed by atoms with van der Waals surface area (Å²) in [7, 11) is 1.64. The predicted octanol–water partition coefficient (Wildman–Crippen LogP) is 5.21. The number of benzene rings is 1. The smallest absolute Gasteiger partial charge is 0.310 e. The summed E-state index contributed by atoms with van der Waals surface area (Å²) in [5.74, 6) is -0.0160. The molecule has 1 amide bonds. The largest absolute Gasteiger partial charge is 0.433 e. The lowest BCUT2D eigenvalue weighted by molar-refractivity contribution is -0.142. The van der Waals surface area contributed by atoms with E-state index < -0.39 is 11.9 Å². The van der Waals surface area contributed by atoms with Crippen LogP contribution in [-0.4, -0.2) is 34.4 Å². The van der Waals surface area contributed by atoms with E-state index in [2.05, 4.69) is 27.1 Å². The second kappa shape index (κ2) is 11.0. The first-order valence-corrected chi connectivity index (χ1v) is 9.65. The van der Waals surface area contributed by atoms with Gasteiger partial charge in [0.2, 0.25) is 5.91 Å². The molecule has 0 saturated heterocycles. The number of carbonyl (C=O) groups excluding carboxylic acids is 1. The van der Waals surface area contributed by atoms with Crippen molar-refractivity contribution >= 4 is 24.0 Å². The summed E-state index contributed by atoms with van der Waals surface area (Å²) in [6.07, 6.45) is -1.46. The number of hydrogen-bond donors (Lipinski definition) is 1. The van der Waals surface area contributed by atoms with Crippen LogP contribution >= 0.6 is 0 Å². The molecular formula is C23H24F3N5O. The van der Waals surface area contributed by atoms with Crippen molar-refractivity contribution in [2.75, 3.05) is 12.4 Å². The Morgan fingerprint density at radius 3 is 2.41 bits per heavy atom. The minimum absolute atomic E-state index is 0.147. The van der Waals surface area contributed by atoms with E-state index in [1.807, 2.05) is 30.3 Å². The maximum Gasteiger partial charge on any atom is 0.433 e. The van der Waals surface area contributed by atoms with Gasteiger partial charge < -0.3 is 10.3 Å². The lowest BCUT2D eigenvalue weighted by Gasteiger charge is -2.10. The number of pyridine rings is 1. The Kier molecular flexibility index (Phi) is 8.46. The van der Waals surface area contributed by atoms with E-state index in [1.165, 1.54) is 18.3 Å². The lowest BCUT2D eigenvalue weighted by Crippen LogP contribution is -2.16. The Morgan fingerprint density at radius 2 is 1.88 bits per heavy atom. The van der Waals surface area contributed by atoms with Crippen molar-refractivity contribution in [3.63, 3.8) is 0 Å². The van der Waals surface area contributed by atoms with Gasteiger partial charge >= 0.3 is 6.18 Å². The Balaban J connectivity index is 0.00000114. The SMILES string of the molecule is C/C=C(\C)c1cc(C(F)(F)F)n(-c2ccc(NC(=O)Cc3ccccc3)nc2)n1.C=NC. The fourth-order valence-electron chi connectivity index (χ4n) is 2.67. The molecule has 32 heavy (non-hydrogen) atoms. The van der Waals surface area contributed by atoms with E-state index in [0.29, 0.717) is 5.57 Å². The summed E-state index contributed by atoms with van der Waals surface area (Å²) >= 11 is 0. The predicted molar refractivity (Wildman–Crippen MR) is 120 cm³/mol. The molecule has 0 spiro atoms. The van der Waals surface area contributed by atoms with Crippen LogP contribution in [0.25, 0.3) is 11.3 Å². The van der Waals surface area contributed by atoms with Gasteiger partial charge in [-0.3, -0.25) is 4.79 Å². The second-order valence-electron chi connectivity index (χ2n) is 6.72. The van der Waals surface area contributed by atoms with Crippen LogP contribution in [0.1, 0.15) is 30.8 Å². The molecule has 0 aliphatic heterocycles. The van der Waals surface area contributed by atoms with E-state index in [4.69, 9.17) is 0 Å². The molecular weight excluding hydrogens is 419 g/mol. The molecule has 0 bridgehead atoms. The van der Waals surface area contributed by atoms with Gasteiger partial charge in [0.25, 0.3) is 0 Å². The molecule has 6 nitrogen and oxygen atoms in total. The standard InChI is InChI=1S/C21H19F3N4O.C2H5N/c1-3-14(2)17-12-18(21(22,23)24)28(27-17)16-9-10-19(25-13-16)26-20(29)11-15-7-5-4-6-8-15;1-3-2/h3-10,12-13H,11H2,1-2H3,(H,25,26,29);1H2,2H3/b14-3+;. The van der Waals surface area contributed by atoms with Crippen molar-refractivity contribution < 1.29 is 18.0 Å². The summed E-state index contributed by atoms with van der Waals surface area (Å²) in [5.41, 5.74) is 0.969. The molecule has 2 heterocycles. The van der Waals surface area contributed by atoms with Crippen LogP contribution < -0.4 is 5.32 Å². The number of alkyl halides is 3. The number of anilines is 1. The molecule has 0 aliphatic carbocycles. The van der Waals surface area contributed by atoms with Gasteiger partial charge in [0.05, 0.1) is 24.0 Å². The topological polar surface area (TPSA) is 72.2 Å². The normalized spacial score (nSPS) is 11.4. The molecule has 1 N–H and O–H groups in total. The second-order valence-corrected chi connectivity index (χ2v) is 6.72. The highest BCUT2D eigenvalue weighted by Gasteiger charge is 2.36. The van der Waals surface area contributed by atoms with E-state index in [-0.39, 0.29) is 29.5 Å². The number of halogens is 3. The summed E-state index contributed by atoms with van der Waals surface area (Å²) in [6.45, 7) is 6.53. The van der Waals surface area contributed by atoms with Crippen molar-refractivity contribution in [1.29, 1.82) is 0 Å². The maximum atomic E-state index is 13.4. The van der Waals surface area contributed by atoms with E-state index in [0.717, 1.165) is 16.3 Å². The van der Waals surface area contributed by atoms with Gasteiger partial charge in [-0.15, -0.1) is 0 Å². The van der Waals surface area contributed by atoms with Crippen molar-refractivity contribution in [3.05, 3.63) is 77.8 Å². The van der Waals surface area contributed by atoms with Crippen LogP contribution in [-0.2, 0) is 17.4 Å². The summed E-state index contributed by atoms with van der Waals surface area (Å²) in [6, 6.07) is 13.1. The number of nitrogens with one attached hydrogen (secondary N) is 1. The van der Waals surface area contributed by atoms with Crippen LogP contribution in [0.5, 0.6) is 0 Å². The minimum Gasteiger partial charge on any atom is -0.310 e. The lowest BCUT2D eigenvalue weighted by atomic mass is 10.1. The third kappa shape index (κ3) is 6.63. The van der Waals surface area contributed by atoms with E-state index in [1.54, 1.807) is 27.0 Å². The first-order valence-electron chi connectivity index (χ1n) is 9.65. The number of amides is 1. The molecule has 168 valence electrons. The number of nitrogens with zero attached hydrogens (tertiary/aromatic N) is 4. The van der Waals surface area contributed by atoms with Gasteiger partial charge in [0.1, 0.15) is 11.5 Å². The Morgan fingerprint density at radius 1 is 1.22 bits per heavy atom. The van der Waals surface area contributed by atoms with Crippen molar-refractivity contribution in [3.8, 4) is 5.69 Å². The quantitative estimate of drug-likeness (QED) is 0.551. The Hall–Kier alpha value is -3.75. The molecule has 0 aliphatic rings. The molecule has 2 aromatic heterocycles. The van der Waals surface area contributed by atoms with Crippen LogP contribution in [0, 0.1) is 0 Å². The molecule has 0 radical (unpaired) electrons. The fraction of sp³-hybridized carbons (Fsp3) is 0.217. The highest BCUT2D eigenvalue weighted by atomic mass is 19.4. The van der Waals surface area contributed by atoms with Crippen molar-refractivity contribution in [1.82, 2.24) is 14.8 Å². The molecule has 0 unspecified atom stereocenters. The minimum atomic E-state index is -4.57. The monoisotopic (exact) mass is 443 g/mol. The molecule has 0 atom stereocenters.